The minimum absolute atomic E-state index is 0.0777. The van der Waals surface area contributed by atoms with E-state index in [0.717, 1.165) is 0 Å². The number of fused-ring (bicyclic) bond motifs is 2. The van der Waals surface area contributed by atoms with Crippen LogP contribution in [0.5, 0.6) is 0 Å². The number of hydrogen-bond acceptors (Lipinski definition) is 2. The molecular formula is C12H10INS. The van der Waals surface area contributed by atoms with Crippen LogP contribution in [0, 0.1) is 0 Å². The molecule has 1 heterocycles. The monoisotopic (exact) mass is 327 g/mol. The second kappa shape index (κ2) is 3.79. The molecular weight excluding hydrogens is 317 g/mol. The third kappa shape index (κ3) is 1.67. The van der Waals surface area contributed by atoms with Crippen LogP contribution < -0.4 is 3.11 Å². The number of rotatable bonds is 0. The van der Waals surface area contributed by atoms with E-state index >= 15 is 0 Å². The lowest BCUT2D eigenvalue weighted by Crippen LogP contribution is -2.05. The number of benzene rings is 2. The Balaban J connectivity index is 2.30. The summed E-state index contributed by atoms with van der Waals surface area (Å²) in [5.41, 5.74) is 1.40. The summed E-state index contributed by atoms with van der Waals surface area (Å²) in [5.74, 6) is 0. The van der Waals surface area contributed by atoms with Crippen molar-refractivity contribution in [3.63, 3.8) is 0 Å². The Hall–Kier alpha value is -0.550. The van der Waals surface area contributed by atoms with Crippen molar-refractivity contribution >= 4 is 52.6 Å². The maximum absolute atomic E-state index is 2.40. The Labute approximate surface area is 104 Å². The molecule has 0 aliphatic carbocycles. The molecule has 3 rings (SSSR count). The molecule has 2 aromatic rings. The molecule has 2 aromatic carbocycles. The van der Waals surface area contributed by atoms with Crippen LogP contribution in [-0.4, -0.2) is 10.4 Å². The van der Waals surface area contributed by atoms with Crippen LogP contribution in [0.4, 0.5) is 5.69 Å². The molecule has 0 amide bonds. The predicted octanol–water partition coefficient (Wildman–Crippen LogP) is 4.03. The van der Waals surface area contributed by atoms with Gasteiger partial charge in [-0.05, 0) is 22.9 Å². The van der Waals surface area contributed by atoms with Crippen LogP contribution >= 0.6 is 32.8 Å². The molecule has 15 heavy (non-hydrogen) atoms. The molecule has 0 N–H and O–H groups in total. The summed E-state index contributed by atoms with van der Waals surface area (Å²) in [6, 6.07) is 13.2. The van der Waals surface area contributed by atoms with Gasteiger partial charge in [-0.25, -0.2) is 0 Å². The topological polar surface area (TPSA) is 3.24 Å². The minimum atomic E-state index is 0.0777. The van der Waals surface area contributed by atoms with E-state index in [1.165, 1.54) is 21.4 Å². The van der Waals surface area contributed by atoms with E-state index in [4.69, 9.17) is 0 Å². The third-order valence-corrected chi connectivity index (χ3v) is 6.07. The molecule has 0 saturated carbocycles. The van der Waals surface area contributed by atoms with Crippen molar-refractivity contribution in [3.05, 3.63) is 36.4 Å². The SMILES string of the molecule is CN1I=CSc2cc3ccccc3cc21. The normalized spacial score (nSPS) is 14.9. The van der Waals surface area contributed by atoms with Crippen molar-refractivity contribution in [1.29, 1.82) is 0 Å². The van der Waals surface area contributed by atoms with Crippen molar-refractivity contribution < 1.29 is 0 Å². The third-order valence-electron chi connectivity index (χ3n) is 2.52. The molecule has 76 valence electrons. The zero-order valence-corrected chi connectivity index (χ0v) is 11.2. The Kier molecular flexibility index (Phi) is 2.44. The Morgan fingerprint density at radius 3 is 2.67 bits per heavy atom. The van der Waals surface area contributed by atoms with E-state index < -0.39 is 0 Å². The van der Waals surface area contributed by atoms with Gasteiger partial charge < -0.3 is 3.11 Å². The van der Waals surface area contributed by atoms with Crippen LogP contribution in [0.2, 0.25) is 0 Å². The van der Waals surface area contributed by atoms with Gasteiger partial charge in [0.1, 0.15) is 0 Å². The number of halogens is 1. The summed E-state index contributed by atoms with van der Waals surface area (Å²) in [7, 11) is 2.19. The number of thioether (sulfide) groups is 1. The molecule has 0 fully saturated rings. The standard InChI is InChI=1S/C12H10INS/c1-14-11-6-9-4-2-3-5-10(9)7-12(11)15-8-13-14/h2-8H,1H3. The Morgan fingerprint density at radius 1 is 1.13 bits per heavy atom. The van der Waals surface area contributed by atoms with Gasteiger partial charge in [0.25, 0.3) is 0 Å². The smallest absolute Gasteiger partial charge is 0.0596 e. The van der Waals surface area contributed by atoms with Crippen molar-refractivity contribution in [1.82, 2.24) is 0 Å². The average molecular weight is 327 g/mol. The summed E-state index contributed by atoms with van der Waals surface area (Å²) in [6.45, 7) is 0. The summed E-state index contributed by atoms with van der Waals surface area (Å²) in [5, 5.41) is 2.68. The highest BCUT2D eigenvalue weighted by Crippen LogP contribution is 2.39. The highest BCUT2D eigenvalue weighted by atomic mass is 127. The molecule has 1 nitrogen and oxygen atoms in total. The quantitative estimate of drug-likeness (QED) is 0.531. The van der Waals surface area contributed by atoms with Crippen molar-refractivity contribution in [2.24, 2.45) is 0 Å². The lowest BCUT2D eigenvalue weighted by Gasteiger charge is -2.21. The van der Waals surface area contributed by atoms with Crippen molar-refractivity contribution in [2.45, 2.75) is 4.90 Å². The van der Waals surface area contributed by atoms with Gasteiger partial charge in [0.05, 0.1) is 5.69 Å². The maximum Gasteiger partial charge on any atom is 0.0596 e. The van der Waals surface area contributed by atoms with Gasteiger partial charge in [0.2, 0.25) is 0 Å². The van der Waals surface area contributed by atoms with Crippen LogP contribution in [-0.2, 0) is 0 Å². The average Bonchev–Trinajstić information content (AvgIpc) is 2.27. The van der Waals surface area contributed by atoms with Gasteiger partial charge in [0.15, 0.2) is 0 Å². The largest absolute Gasteiger partial charge is 0.322 e. The number of hydrogen-bond donors (Lipinski definition) is 0. The van der Waals surface area contributed by atoms with E-state index in [1.54, 1.807) is 0 Å². The van der Waals surface area contributed by atoms with Gasteiger partial charge in [-0.3, -0.25) is 0 Å². The molecule has 3 heteroatoms. The second-order valence-electron chi connectivity index (χ2n) is 3.45. The van der Waals surface area contributed by atoms with E-state index in [2.05, 4.69) is 49.9 Å². The molecule has 0 aromatic heterocycles. The fourth-order valence-electron chi connectivity index (χ4n) is 1.72. The van der Waals surface area contributed by atoms with Gasteiger partial charge in [-0.2, -0.15) is 0 Å². The first-order chi connectivity index (χ1) is 7.34. The highest BCUT2D eigenvalue weighted by molar-refractivity contribution is 14.2. The summed E-state index contributed by atoms with van der Waals surface area (Å²) in [6.07, 6.45) is 0. The molecule has 1 aliphatic heterocycles. The summed E-state index contributed by atoms with van der Waals surface area (Å²) >= 11 is 1.97. The van der Waals surface area contributed by atoms with Crippen LogP contribution in [0.1, 0.15) is 0 Å². The fourth-order valence-corrected chi connectivity index (χ4v) is 5.54. The fraction of sp³-hybridized carbons (Fsp3) is 0.0833. The number of nitrogens with zero attached hydrogens (tertiary/aromatic N) is 1. The maximum atomic E-state index is 2.40. The Morgan fingerprint density at radius 2 is 1.87 bits per heavy atom. The summed E-state index contributed by atoms with van der Waals surface area (Å²) in [4.78, 5) is 1.39. The molecule has 0 unspecified atom stereocenters. The van der Waals surface area contributed by atoms with Gasteiger partial charge in [0, 0.05) is 36.3 Å². The molecule has 0 bridgehead atoms. The first-order valence-corrected chi connectivity index (χ1v) is 7.82. The van der Waals surface area contributed by atoms with Crippen molar-refractivity contribution in [3.8, 4) is 0 Å². The minimum Gasteiger partial charge on any atom is -0.322 e. The lowest BCUT2D eigenvalue weighted by atomic mass is 10.1. The molecule has 0 atom stereocenters. The molecule has 0 radical (unpaired) electrons. The van der Waals surface area contributed by atoms with E-state index in [-0.39, 0.29) is 21.0 Å². The van der Waals surface area contributed by atoms with E-state index in [0.29, 0.717) is 0 Å². The predicted molar refractivity (Wildman–Crippen MR) is 78.3 cm³/mol. The first kappa shape index (κ1) is 9.66. The van der Waals surface area contributed by atoms with Gasteiger partial charge in [-0.1, -0.05) is 36.0 Å². The van der Waals surface area contributed by atoms with Crippen LogP contribution in [0.25, 0.3) is 10.8 Å². The van der Waals surface area contributed by atoms with Gasteiger partial charge >= 0.3 is 0 Å². The van der Waals surface area contributed by atoms with E-state index in [9.17, 15) is 0 Å². The zero-order valence-electron chi connectivity index (χ0n) is 8.27. The second-order valence-corrected chi connectivity index (χ2v) is 7.83. The van der Waals surface area contributed by atoms with Crippen molar-refractivity contribution in [2.75, 3.05) is 10.2 Å². The Bertz CT molecular complexity index is 550. The van der Waals surface area contributed by atoms with Crippen LogP contribution in [0.3, 0.4) is 0 Å². The number of anilines is 1. The lowest BCUT2D eigenvalue weighted by molar-refractivity contribution is 1.34. The molecule has 0 spiro atoms. The highest BCUT2D eigenvalue weighted by Gasteiger charge is 2.11. The molecule has 0 saturated heterocycles. The zero-order chi connectivity index (χ0) is 10.3. The van der Waals surface area contributed by atoms with Gasteiger partial charge in [-0.15, -0.1) is 0 Å². The molecule has 1 aliphatic rings. The first-order valence-electron chi connectivity index (χ1n) is 4.73. The van der Waals surface area contributed by atoms with E-state index in [1.807, 2.05) is 11.8 Å². The summed E-state index contributed by atoms with van der Waals surface area (Å²) < 4.78 is 4.76. The van der Waals surface area contributed by atoms with Crippen LogP contribution in [0.15, 0.2) is 41.3 Å².